The first-order valence-corrected chi connectivity index (χ1v) is 5.59. The molecule has 0 unspecified atom stereocenters. The van der Waals surface area contributed by atoms with E-state index in [0.717, 1.165) is 5.69 Å². The Labute approximate surface area is 97.2 Å². The maximum absolute atomic E-state index is 4.44. The minimum Gasteiger partial charge on any atom is -0.261 e. The van der Waals surface area contributed by atoms with Gasteiger partial charge in [-0.05, 0) is 23.3 Å². The third-order valence-electron chi connectivity index (χ3n) is 2.64. The Bertz CT molecular complexity index is 466. The maximum Gasteiger partial charge on any atom is 0.0463 e. The average Bonchev–Trinajstić information content (AvgIpc) is 2.29. The number of nitrogens with zero attached hydrogens (tertiary/aromatic N) is 1. The number of aromatic nitrogens is 1. The van der Waals surface area contributed by atoms with Gasteiger partial charge in [0.1, 0.15) is 0 Å². The first-order chi connectivity index (χ1) is 7.57. The summed E-state index contributed by atoms with van der Waals surface area (Å²) in [5.41, 5.74) is 3.72. The van der Waals surface area contributed by atoms with Crippen molar-refractivity contribution in [2.75, 3.05) is 0 Å². The molecule has 0 bridgehead atoms. The van der Waals surface area contributed by atoms with Crippen LogP contribution in [0.2, 0.25) is 0 Å². The van der Waals surface area contributed by atoms with Gasteiger partial charge in [-0.15, -0.1) is 0 Å². The van der Waals surface area contributed by atoms with Crippen LogP contribution in [0.3, 0.4) is 0 Å². The van der Waals surface area contributed by atoms with Crippen LogP contribution in [0.1, 0.15) is 26.5 Å². The summed E-state index contributed by atoms with van der Waals surface area (Å²) in [5.74, 6) is 0. The van der Waals surface area contributed by atoms with E-state index in [9.17, 15) is 0 Å². The Kier molecular flexibility index (Phi) is 2.78. The summed E-state index contributed by atoms with van der Waals surface area (Å²) < 4.78 is 0. The molecule has 2 rings (SSSR count). The van der Waals surface area contributed by atoms with Crippen molar-refractivity contribution in [2.45, 2.75) is 26.2 Å². The van der Waals surface area contributed by atoms with Gasteiger partial charge < -0.3 is 0 Å². The molecule has 0 atom stereocenters. The SMILES string of the molecule is CC(C)(C)c1cc(-c2ccccc2)ccn1. The highest BCUT2D eigenvalue weighted by atomic mass is 14.7. The van der Waals surface area contributed by atoms with Gasteiger partial charge in [0, 0.05) is 17.3 Å². The van der Waals surface area contributed by atoms with E-state index in [1.807, 2.05) is 12.3 Å². The van der Waals surface area contributed by atoms with Crippen LogP contribution in [-0.4, -0.2) is 4.98 Å². The Balaban J connectivity index is 2.45. The van der Waals surface area contributed by atoms with Gasteiger partial charge in [0.15, 0.2) is 0 Å². The molecular weight excluding hydrogens is 194 g/mol. The summed E-state index contributed by atoms with van der Waals surface area (Å²) in [6.07, 6.45) is 1.89. The van der Waals surface area contributed by atoms with Crippen LogP contribution in [0.25, 0.3) is 11.1 Å². The standard InChI is InChI=1S/C15H17N/c1-15(2,3)14-11-13(9-10-16-14)12-7-5-4-6-8-12/h4-11H,1-3H3. The number of benzene rings is 1. The molecule has 0 spiro atoms. The quantitative estimate of drug-likeness (QED) is 0.693. The molecule has 0 aliphatic heterocycles. The fourth-order valence-electron chi connectivity index (χ4n) is 1.65. The van der Waals surface area contributed by atoms with Crippen molar-refractivity contribution in [3.8, 4) is 11.1 Å². The Morgan fingerprint density at radius 1 is 0.875 bits per heavy atom. The van der Waals surface area contributed by atoms with Crippen LogP contribution in [0, 0.1) is 0 Å². The van der Waals surface area contributed by atoms with Gasteiger partial charge in [-0.3, -0.25) is 4.98 Å². The molecule has 0 fully saturated rings. The molecule has 1 aromatic heterocycles. The largest absolute Gasteiger partial charge is 0.261 e. The molecule has 0 radical (unpaired) electrons. The molecule has 0 aliphatic carbocycles. The van der Waals surface area contributed by atoms with E-state index in [1.165, 1.54) is 11.1 Å². The summed E-state index contributed by atoms with van der Waals surface area (Å²) in [7, 11) is 0. The van der Waals surface area contributed by atoms with Crippen LogP contribution in [-0.2, 0) is 5.41 Å². The Morgan fingerprint density at radius 2 is 1.56 bits per heavy atom. The molecule has 0 saturated carbocycles. The molecule has 1 aromatic carbocycles. The van der Waals surface area contributed by atoms with Crippen LogP contribution in [0.4, 0.5) is 0 Å². The predicted octanol–water partition coefficient (Wildman–Crippen LogP) is 4.05. The molecular formula is C15H17N. The zero-order valence-electron chi connectivity index (χ0n) is 10.1. The van der Waals surface area contributed by atoms with Crippen LogP contribution in [0.5, 0.6) is 0 Å². The van der Waals surface area contributed by atoms with Crippen molar-refractivity contribution < 1.29 is 0 Å². The summed E-state index contributed by atoms with van der Waals surface area (Å²) in [4.78, 5) is 4.44. The fraction of sp³-hybridized carbons (Fsp3) is 0.267. The van der Waals surface area contributed by atoms with Gasteiger partial charge in [-0.25, -0.2) is 0 Å². The molecule has 1 heterocycles. The van der Waals surface area contributed by atoms with Crippen molar-refractivity contribution in [3.63, 3.8) is 0 Å². The van der Waals surface area contributed by atoms with E-state index < -0.39 is 0 Å². The maximum atomic E-state index is 4.44. The van der Waals surface area contributed by atoms with Gasteiger partial charge in [0.2, 0.25) is 0 Å². The zero-order chi connectivity index (χ0) is 11.6. The normalized spacial score (nSPS) is 11.4. The van der Waals surface area contributed by atoms with Gasteiger partial charge in [-0.2, -0.15) is 0 Å². The zero-order valence-corrected chi connectivity index (χ0v) is 10.1. The summed E-state index contributed by atoms with van der Waals surface area (Å²) in [6, 6.07) is 14.7. The Hall–Kier alpha value is -1.63. The molecule has 82 valence electrons. The number of pyridine rings is 1. The predicted molar refractivity (Wildman–Crippen MR) is 68.4 cm³/mol. The summed E-state index contributed by atoms with van der Waals surface area (Å²) in [5, 5.41) is 0. The lowest BCUT2D eigenvalue weighted by molar-refractivity contribution is 0.569. The second-order valence-electron chi connectivity index (χ2n) is 5.05. The van der Waals surface area contributed by atoms with E-state index in [0.29, 0.717) is 0 Å². The lowest BCUT2D eigenvalue weighted by Crippen LogP contribution is -2.13. The molecule has 16 heavy (non-hydrogen) atoms. The highest BCUT2D eigenvalue weighted by molar-refractivity contribution is 5.63. The first-order valence-electron chi connectivity index (χ1n) is 5.59. The lowest BCUT2D eigenvalue weighted by Gasteiger charge is -2.18. The molecule has 0 amide bonds. The van der Waals surface area contributed by atoms with E-state index in [-0.39, 0.29) is 5.41 Å². The minimum absolute atomic E-state index is 0.102. The topological polar surface area (TPSA) is 12.9 Å². The second kappa shape index (κ2) is 4.09. The van der Waals surface area contributed by atoms with E-state index in [4.69, 9.17) is 0 Å². The van der Waals surface area contributed by atoms with E-state index in [1.54, 1.807) is 0 Å². The molecule has 0 N–H and O–H groups in total. The number of rotatable bonds is 1. The highest BCUT2D eigenvalue weighted by Crippen LogP contribution is 2.25. The molecule has 0 saturated heterocycles. The number of hydrogen-bond acceptors (Lipinski definition) is 1. The van der Waals surface area contributed by atoms with Crippen LogP contribution >= 0.6 is 0 Å². The van der Waals surface area contributed by atoms with Crippen LogP contribution in [0.15, 0.2) is 48.7 Å². The molecule has 2 aromatic rings. The monoisotopic (exact) mass is 211 g/mol. The van der Waals surface area contributed by atoms with Gasteiger partial charge in [0.05, 0.1) is 0 Å². The molecule has 0 aliphatic rings. The summed E-state index contributed by atoms with van der Waals surface area (Å²) >= 11 is 0. The first kappa shape index (κ1) is 10.9. The van der Waals surface area contributed by atoms with Crippen molar-refractivity contribution >= 4 is 0 Å². The van der Waals surface area contributed by atoms with Gasteiger partial charge in [-0.1, -0.05) is 51.1 Å². The Morgan fingerprint density at radius 3 is 2.19 bits per heavy atom. The van der Waals surface area contributed by atoms with Crippen molar-refractivity contribution in [1.82, 2.24) is 4.98 Å². The van der Waals surface area contributed by atoms with Crippen molar-refractivity contribution in [2.24, 2.45) is 0 Å². The minimum atomic E-state index is 0.102. The third-order valence-corrected chi connectivity index (χ3v) is 2.64. The van der Waals surface area contributed by atoms with Crippen molar-refractivity contribution in [1.29, 1.82) is 0 Å². The molecule has 1 nitrogen and oxygen atoms in total. The molecule has 1 heteroatoms. The third kappa shape index (κ3) is 2.30. The van der Waals surface area contributed by atoms with E-state index in [2.05, 4.69) is 62.2 Å². The smallest absolute Gasteiger partial charge is 0.0463 e. The van der Waals surface area contributed by atoms with Crippen LogP contribution < -0.4 is 0 Å². The second-order valence-corrected chi connectivity index (χ2v) is 5.05. The average molecular weight is 211 g/mol. The van der Waals surface area contributed by atoms with Gasteiger partial charge in [0.25, 0.3) is 0 Å². The highest BCUT2D eigenvalue weighted by Gasteiger charge is 2.15. The summed E-state index contributed by atoms with van der Waals surface area (Å²) in [6.45, 7) is 6.55. The fourth-order valence-corrected chi connectivity index (χ4v) is 1.65. The lowest BCUT2D eigenvalue weighted by atomic mass is 9.90. The van der Waals surface area contributed by atoms with E-state index >= 15 is 0 Å². The van der Waals surface area contributed by atoms with Crippen molar-refractivity contribution in [3.05, 3.63) is 54.4 Å². The van der Waals surface area contributed by atoms with Gasteiger partial charge >= 0.3 is 0 Å². The number of hydrogen-bond donors (Lipinski definition) is 0.